The van der Waals surface area contributed by atoms with Crippen molar-refractivity contribution in [1.29, 1.82) is 0 Å². The molecule has 0 atom stereocenters. The second kappa shape index (κ2) is 25.9. The van der Waals surface area contributed by atoms with Gasteiger partial charge in [-0.3, -0.25) is 9.63 Å². The summed E-state index contributed by atoms with van der Waals surface area (Å²) in [5.74, 6) is -0.00275. The summed E-state index contributed by atoms with van der Waals surface area (Å²) < 4.78 is 0. The van der Waals surface area contributed by atoms with Crippen LogP contribution in [0.1, 0.15) is 72.1 Å². The number of carbonyl (C=O) groups excluding carboxylic acids is 1. The fraction of sp³-hybridized carbons (Fsp3) is 0.500. The van der Waals surface area contributed by atoms with E-state index in [4.69, 9.17) is 4.84 Å². The fourth-order valence-corrected chi connectivity index (χ4v) is 2.11. The molecular weight excluding hydrogens is 358 g/mol. The third-order valence-electron chi connectivity index (χ3n) is 3.75. The standard InChI is InChI=1S/C24H37NO2.C2H6/c1-4-5-6-7-8-9-10-11-12-13-14-15-16-17-18-19-20-21-22-23-24(26)25(2)27-3;1-2/h5-6,8-9,11-12,14-15,17-18,20-21H,4,7,10,13,16,19,22-23H2,1-3H3;1-2H3/b6-5-,9-8-,12-11-,15-14-,18-17-,21-20-;. The lowest BCUT2D eigenvalue weighted by Crippen LogP contribution is -2.24. The number of allylic oxidation sites excluding steroid dienone is 12. The number of hydrogen-bond donors (Lipinski definition) is 0. The van der Waals surface area contributed by atoms with E-state index in [1.54, 1.807) is 7.05 Å². The molecule has 0 radical (unpaired) electrons. The minimum absolute atomic E-state index is 0.00275. The number of hydrogen-bond acceptors (Lipinski definition) is 2. The van der Waals surface area contributed by atoms with Crippen molar-refractivity contribution in [1.82, 2.24) is 5.06 Å². The van der Waals surface area contributed by atoms with Crippen molar-refractivity contribution in [3.8, 4) is 0 Å². The summed E-state index contributed by atoms with van der Waals surface area (Å²) in [6.45, 7) is 6.15. The van der Waals surface area contributed by atoms with E-state index in [-0.39, 0.29) is 5.91 Å². The summed E-state index contributed by atoms with van der Waals surface area (Å²) in [7, 11) is 3.12. The smallest absolute Gasteiger partial charge is 0.246 e. The maximum atomic E-state index is 11.5. The van der Waals surface area contributed by atoms with Crippen LogP contribution in [0.3, 0.4) is 0 Å². The highest BCUT2D eigenvalue weighted by atomic mass is 16.7. The molecule has 0 aliphatic rings. The zero-order valence-corrected chi connectivity index (χ0v) is 19.3. The van der Waals surface area contributed by atoms with Crippen LogP contribution in [0.15, 0.2) is 72.9 Å². The number of nitrogens with zero attached hydrogens (tertiary/aromatic N) is 1. The molecule has 0 heterocycles. The van der Waals surface area contributed by atoms with Gasteiger partial charge in [-0.15, -0.1) is 0 Å². The summed E-state index contributed by atoms with van der Waals surface area (Å²) in [5.41, 5.74) is 0. The number of rotatable bonds is 15. The van der Waals surface area contributed by atoms with Gasteiger partial charge in [-0.05, 0) is 44.9 Å². The van der Waals surface area contributed by atoms with Crippen molar-refractivity contribution in [2.24, 2.45) is 0 Å². The average molecular weight is 402 g/mol. The van der Waals surface area contributed by atoms with Gasteiger partial charge in [-0.2, -0.15) is 0 Å². The predicted molar refractivity (Wildman–Crippen MR) is 129 cm³/mol. The summed E-state index contributed by atoms with van der Waals surface area (Å²) in [4.78, 5) is 16.3. The maximum absolute atomic E-state index is 11.5. The Morgan fingerprint density at radius 3 is 1.38 bits per heavy atom. The molecule has 0 aliphatic carbocycles. The van der Waals surface area contributed by atoms with Gasteiger partial charge in [0.1, 0.15) is 0 Å². The maximum Gasteiger partial charge on any atom is 0.246 e. The highest BCUT2D eigenvalue weighted by Gasteiger charge is 2.04. The first-order valence-electron chi connectivity index (χ1n) is 10.9. The van der Waals surface area contributed by atoms with E-state index in [1.807, 2.05) is 19.9 Å². The van der Waals surface area contributed by atoms with Crippen LogP contribution in [0, 0.1) is 0 Å². The SMILES string of the molecule is CC.CC/C=C\C/C=C\C/C=C\C/C=C\C/C=C\C/C=C\CCC(=O)N(C)OC. The van der Waals surface area contributed by atoms with Crippen LogP contribution in [-0.4, -0.2) is 25.1 Å². The van der Waals surface area contributed by atoms with E-state index in [9.17, 15) is 4.79 Å². The van der Waals surface area contributed by atoms with Gasteiger partial charge in [0.25, 0.3) is 0 Å². The highest BCUT2D eigenvalue weighted by molar-refractivity contribution is 5.74. The monoisotopic (exact) mass is 401 g/mol. The van der Waals surface area contributed by atoms with E-state index < -0.39 is 0 Å². The van der Waals surface area contributed by atoms with Crippen molar-refractivity contribution < 1.29 is 9.63 Å². The highest BCUT2D eigenvalue weighted by Crippen LogP contribution is 1.99. The van der Waals surface area contributed by atoms with Gasteiger partial charge in [-0.1, -0.05) is 93.7 Å². The molecule has 164 valence electrons. The molecule has 29 heavy (non-hydrogen) atoms. The molecule has 0 bridgehead atoms. The first-order chi connectivity index (χ1) is 14.2. The lowest BCUT2D eigenvalue weighted by atomic mass is 10.2. The molecular formula is C26H43NO2. The summed E-state index contributed by atoms with van der Waals surface area (Å²) in [6, 6.07) is 0. The normalized spacial score (nSPS) is 12.2. The number of carbonyl (C=O) groups is 1. The van der Waals surface area contributed by atoms with E-state index in [0.717, 1.165) is 44.9 Å². The molecule has 0 aliphatic heterocycles. The molecule has 3 nitrogen and oxygen atoms in total. The minimum atomic E-state index is -0.00275. The Bertz CT molecular complexity index is 525. The fourth-order valence-electron chi connectivity index (χ4n) is 2.11. The zero-order chi connectivity index (χ0) is 22.0. The quantitative estimate of drug-likeness (QED) is 0.210. The third-order valence-corrected chi connectivity index (χ3v) is 3.75. The van der Waals surface area contributed by atoms with Gasteiger partial charge in [0.05, 0.1) is 7.11 Å². The average Bonchev–Trinajstić information content (AvgIpc) is 2.76. The van der Waals surface area contributed by atoms with Crippen LogP contribution in [0.25, 0.3) is 0 Å². The predicted octanol–water partition coefficient (Wildman–Crippen LogP) is 7.51. The van der Waals surface area contributed by atoms with Crippen LogP contribution < -0.4 is 0 Å². The van der Waals surface area contributed by atoms with Gasteiger partial charge in [0.15, 0.2) is 0 Å². The van der Waals surface area contributed by atoms with Gasteiger partial charge >= 0.3 is 0 Å². The van der Waals surface area contributed by atoms with E-state index >= 15 is 0 Å². The lowest BCUT2D eigenvalue weighted by molar-refractivity contribution is -0.168. The van der Waals surface area contributed by atoms with Crippen LogP contribution in [0.4, 0.5) is 0 Å². The first kappa shape index (κ1) is 29.1. The van der Waals surface area contributed by atoms with Crippen LogP contribution in [0.2, 0.25) is 0 Å². The van der Waals surface area contributed by atoms with Crippen molar-refractivity contribution in [2.75, 3.05) is 14.2 Å². The lowest BCUT2D eigenvalue weighted by Gasteiger charge is -2.12. The molecule has 0 fully saturated rings. The Labute approximate surface area is 180 Å². The Balaban J connectivity index is 0. The van der Waals surface area contributed by atoms with Gasteiger partial charge in [-0.25, -0.2) is 5.06 Å². The van der Waals surface area contributed by atoms with E-state index in [0.29, 0.717) is 6.42 Å². The van der Waals surface area contributed by atoms with Gasteiger partial charge < -0.3 is 0 Å². The second-order valence-corrected chi connectivity index (χ2v) is 6.03. The molecule has 0 aromatic heterocycles. The van der Waals surface area contributed by atoms with Crippen molar-refractivity contribution in [3.63, 3.8) is 0 Å². The molecule has 0 unspecified atom stereocenters. The summed E-state index contributed by atoms with van der Waals surface area (Å²) >= 11 is 0. The van der Waals surface area contributed by atoms with Crippen molar-refractivity contribution in [3.05, 3.63) is 72.9 Å². The Morgan fingerprint density at radius 1 is 0.690 bits per heavy atom. The molecule has 0 aromatic carbocycles. The van der Waals surface area contributed by atoms with Crippen molar-refractivity contribution >= 4 is 5.91 Å². The Morgan fingerprint density at radius 2 is 1.03 bits per heavy atom. The molecule has 0 aromatic rings. The zero-order valence-electron chi connectivity index (χ0n) is 19.3. The third kappa shape index (κ3) is 23.8. The number of amides is 1. The molecule has 0 saturated heterocycles. The van der Waals surface area contributed by atoms with Crippen LogP contribution in [0.5, 0.6) is 0 Å². The topological polar surface area (TPSA) is 29.5 Å². The molecule has 0 spiro atoms. The molecule has 0 saturated carbocycles. The summed E-state index contributed by atoms with van der Waals surface area (Å²) in [6.07, 6.45) is 33.3. The molecule has 3 heteroatoms. The van der Waals surface area contributed by atoms with Gasteiger partial charge in [0.2, 0.25) is 5.91 Å². The first-order valence-corrected chi connectivity index (χ1v) is 10.9. The van der Waals surface area contributed by atoms with E-state index in [1.165, 1.54) is 12.2 Å². The second-order valence-electron chi connectivity index (χ2n) is 6.03. The largest absolute Gasteiger partial charge is 0.275 e. The number of hydroxylamine groups is 2. The van der Waals surface area contributed by atoms with Gasteiger partial charge in [0, 0.05) is 13.5 Å². The van der Waals surface area contributed by atoms with Crippen molar-refractivity contribution in [2.45, 2.75) is 72.1 Å². The molecule has 0 N–H and O–H groups in total. The molecule has 1 amide bonds. The van der Waals surface area contributed by atoms with Crippen LogP contribution in [-0.2, 0) is 9.63 Å². The Hall–Kier alpha value is -2.13. The van der Waals surface area contributed by atoms with Crippen LogP contribution >= 0.6 is 0 Å². The minimum Gasteiger partial charge on any atom is -0.275 e. The Kier molecular flexibility index (Phi) is 25.9. The summed E-state index contributed by atoms with van der Waals surface area (Å²) in [5, 5.41) is 1.26. The van der Waals surface area contributed by atoms with E-state index in [2.05, 4.69) is 73.8 Å². The molecule has 0 rings (SSSR count).